The van der Waals surface area contributed by atoms with E-state index in [-0.39, 0.29) is 29.7 Å². The zero-order valence-electron chi connectivity index (χ0n) is 13.7. The molecule has 0 radical (unpaired) electrons. The summed E-state index contributed by atoms with van der Waals surface area (Å²) in [5, 5.41) is 10.5. The number of imide groups is 1. The number of rotatable bonds is 1. The van der Waals surface area contributed by atoms with Gasteiger partial charge in [0.25, 0.3) is 11.8 Å². The third kappa shape index (κ3) is 2.23. The van der Waals surface area contributed by atoms with Gasteiger partial charge in [0, 0.05) is 6.04 Å². The van der Waals surface area contributed by atoms with Gasteiger partial charge in [-0.3, -0.25) is 14.5 Å². The molecule has 1 aromatic carbocycles. The Morgan fingerprint density at radius 1 is 1.09 bits per heavy atom. The van der Waals surface area contributed by atoms with Crippen LogP contribution in [0.25, 0.3) is 0 Å². The predicted molar refractivity (Wildman–Crippen MR) is 86.0 cm³/mol. The number of carbonyl (C=O) groups excluding carboxylic acids is 2. The molecule has 2 amide bonds. The Morgan fingerprint density at radius 3 is 2.30 bits per heavy atom. The molecule has 2 fully saturated rings. The van der Waals surface area contributed by atoms with Gasteiger partial charge in [-0.15, -0.1) is 0 Å². The molecule has 1 aliphatic heterocycles. The first kappa shape index (κ1) is 14.9. The van der Waals surface area contributed by atoms with E-state index in [1.54, 1.807) is 24.3 Å². The molecular formula is C19H23NO3. The van der Waals surface area contributed by atoms with Crippen molar-refractivity contribution in [3.05, 3.63) is 35.4 Å². The molecule has 2 bridgehead atoms. The van der Waals surface area contributed by atoms with Gasteiger partial charge in [0.05, 0.1) is 16.7 Å². The molecule has 3 aliphatic rings. The Morgan fingerprint density at radius 2 is 1.70 bits per heavy atom. The topological polar surface area (TPSA) is 57.6 Å². The Hall–Kier alpha value is -1.68. The van der Waals surface area contributed by atoms with Crippen molar-refractivity contribution in [3.8, 4) is 0 Å². The second kappa shape index (κ2) is 4.91. The maximum atomic E-state index is 12.8. The number of amides is 2. The van der Waals surface area contributed by atoms with Crippen molar-refractivity contribution >= 4 is 11.8 Å². The minimum Gasteiger partial charge on any atom is -0.390 e. The van der Waals surface area contributed by atoms with Crippen molar-refractivity contribution in [3.63, 3.8) is 0 Å². The molecule has 0 aromatic heterocycles. The number of hydrogen-bond donors (Lipinski definition) is 1. The molecule has 2 aliphatic carbocycles. The summed E-state index contributed by atoms with van der Waals surface area (Å²) in [6, 6.07) is 7.00. The average Bonchev–Trinajstić information content (AvgIpc) is 2.71. The van der Waals surface area contributed by atoms with Crippen LogP contribution in [0.5, 0.6) is 0 Å². The minimum atomic E-state index is -0.676. The first-order valence-corrected chi connectivity index (χ1v) is 8.57. The molecule has 4 heteroatoms. The van der Waals surface area contributed by atoms with Gasteiger partial charge in [0.1, 0.15) is 0 Å². The molecule has 0 saturated heterocycles. The summed E-state index contributed by atoms with van der Waals surface area (Å²) in [6.45, 7) is 4.04. The fourth-order valence-corrected chi connectivity index (χ4v) is 5.38. The Kier molecular flexibility index (Phi) is 3.17. The fourth-order valence-electron chi connectivity index (χ4n) is 5.38. The molecule has 4 unspecified atom stereocenters. The lowest BCUT2D eigenvalue weighted by atomic mass is 9.61. The largest absolute Gasteiger partial charge is 0.390 e. The molecule has 4 nitrogen and oxygen atoms in total. The van der Waals surface area contributed by atoms with E-state index in [2.05, 4.69) is 6.92 Å². The SMILES string of the molecule is CC1CC2CC(CC(C)(O)C2)[C@H]1N1C(=O)c2ccccc2C1=O. The number of nitrogens with zero attached hydrogens (tertiary/aromatic N) is 1. The van der Waals surface area contributed by atoms with Gasteiger partial charge in [-0.05, 0) is 62.5 Å². The number of aliphatic hydroxyl groups is 1. The highest BCUT2D eigenvalue weighted by molar-refractivity contribution is 6.21. The van der Waals surface area contributed by atoms with E-state index in [1.165, 1.54) is 4.90 Å². The maximum absolute atomic E-state index is 12.8. The molecule has 122 valence electrons. The van der Waals surface area contributed by atoms with E-state index in [0.717, 1.165) is 19.3 Å². The molecule has 1 N–H and O–H groups in total. The minimum absolute atomic E-state index is 0.0922. The van der Waals surface area contributed by atoms with Gasteiger partial charge < -0.3 is 5.11 Å². The van der Waals surface area contributed by atoms with Crippen molar-refractivity contribution < 1.29 is 14.7 Å². The standard InChI is InChI=1S/C19H23NO3/c1-11-7-12-8-13(10-19(2,23)9-12)16(11)20-17(21)14-5-3-4-6-15(14)18(20)22/h3-6,11-13,16,23H,7-10H2,1-2H3/t11?,12?,13?,16-,19?/m0/s1. The van der Waals surface area contributed by atoms with Gasteiger partial charge in [0.2, 0.25) is 0 Å². The summed E-state index contributed by atoms with van der Waals surface area (Å²) < 4.78 is 0. The summed E-state index contributed by atoms with van der Waals surface area (Å²) in [5.74, 6) is 0.675. The summed E-state index contributed by atoms with van der Waals surface area (Å²) in [6.07, 6.45) is 3.50. The lowest BCUT2D eigenvalue weighted by Gasteiger charge is -2.51. The lowest BCUT2D eigenvalue weighted by Crippen LogP contribution is -2.55. The van der Waals surface area contributed by atoms with E-state index >= 15 is 0 Å². The highest BCUT2D eigenvalue weighted by Crippen LogP contribution is 2.49. The molecule has 5 atom stereocenters. The highest BCUT2D eigenvalue weighted by Gasteiger charge is 2.51. The average molecular weight is 313 g/mol. The Balaban J connectivity index is 1.70. The summed E-state index contributed by atoms with van der Waals surface area (Å²) >= 11 is 0. The Bertz CT molecular complexity index is 644. The molecule has 23 heavy (non-hydrogen) atoms. The molecule has 4 rings (SSSR count). The van der Waals surface area contributed by atoms with Gasteiger partial charge in [-0.2, -0.15) is 0 Å². The lowest BCUT2D eigenvalue weighted by molar-refractivity contribution is -0.0711. The van der Waals surface area contributed by atoms with Crippen LogP contribution in [0.4, 0.5) is 0 Å². The van der Waals surface area contributed by atoms with E-state index < -0.39 is 5.60 Å². The monoisotopic (exact) mass is 313 g/mol. The van der Waals surface area contributed by atoms with Crippen LogP contribution in [0, 0.1) is 17.8 Å². The van der Waals surface area contributed by atoms with Crippen molar-refractivity contribution in [1.29, 1.82) is 0 Å². The van der Waals surface area contributed by atoms with Crippen molar-refractivity contribution in [2.45, 2.75) is 51.2 Å². The fraction of sp³-hybridized carbons (Fsp3) is 0.579. The van der Waals surface area contributed by atoms with Crippen molar-refractivity contribution in [2.75, 3.05) is 0 Å². The first-order chi connectivity index (χ1) is 10.9. The third-order valence-corrected chi connectivity index (χ3v) is 5.96. The van der Waals surface area contributed by atoms with Crippen LogP contribution in [0.15, 0.2) is 24.3 Å². The smallest absolute Gasteiger partial charge is 0.261 e. The molecule has 0 spiro atoms. The van der Waals surface area contributed by atoms with Crippen LogP contribution in [-0.4, -0.2) is 33.5 Å². The summed E-state index contributed by atoms with van der Waals surface area (Å²) in [4.78, 5) is 27.1. The molecule has 2 saturated carbocycles. The van der Waals surface area contributed by atoms with Crippen LogP contribution < -0.4 is 0 Å². The maximum Gasteiger partial charge on any atom is 0.261 e. The second-order valence-corrected chi connectivity index (χ2v) is 8.00. The van der Waals surface area contributed by atoms with Gasteiger partial charge in [0.15, 0.2) is 0 Å². The number of carbonyl (C=O) groups is 2. The molecule has 1 aromatic rings. The van der Waals surface area contributed by atoms with E-state index in [9.17, 15) is 14.7 Å². The van der Waals surface area contributed by atoms with E-state index in [1.807, 2.05) is 6.92 Å². The van der Waals surface area contributed by atoms with E-state index in [4.69, 9.17) is 0 Å². The van der Waals surface area contributed by atoms with Gasteiger partial charge in [-0.25, -0.2) is 0 Å². The van der Waals surface area contributed by atoms with Gasteiger partial charge in [-0.1, -0.05) is 19.1 Å². The zero-order valence-corrected chi connectivity index (χ0v) is 13.7. The zero-order chi connectivity index (χ0) is 16.4. The van der Waals surface area contributed by atoms with Crippen LogP contribution >= 0.6 is 0 Å². The molecular weight excluding hydrogens is 290 g/mol. The summed E-state index contributed by atoms with van der Waals surface area (Å²) in [5.41, 5.74) is 0.369. The van der Waals surface area contributed by atoms with Crippen LogP contribution in [0.3, 0.4) is 0 Å². The first-order valence-electron chi connectivity index (χ1n) is 8.57. The van der Waals surface area contributed by atoms with Crippen LogP contribution in [-0.2, 0) is 0 Å². The van der Waals surface area contributed by atoms with Crippen molar-refractivity contribution in [1.82, 2.24) is 4.90 Å². The van der Waals surface area contributed by atoms with Crippen LogP contribution in [0.2, 0.25) is 0 Å². The normalized spacial score (nSPS) is 39.5. The predicted octanol–water partition coefficient (Wildman–Crippen LogP) is 2.86. The molecule has 1 heterocycles. The second-order valence-electron chi connectivity index (χ2n) is 8.00. The van der Waals surface area contributed by atoms with Crippen LogP contribution in [0.1, 0.15) is 60.2 Å². The number of hydrogen-bond acceptors (Lipinski definition) is 3. The summed E-state index contributed by atoms with van der Waals surface area (Å²) in [7, 11) is 0. The van der Waals surface area contributed by atoms with Crippen molar-refractivity contribution in [2.24, 2.45) is 17.8 Å². The number of benzene rings is 1. The Labute approximate surface area is 136 Å². The highest BCUT2D eigenvalue weighted by atomic mass is 16.3. The van der Waals surface area contributed by atoms with E-state index in [0.29, 0.717) is 23.5 Å². The number of fused-ring (bicyclic) bond motifs is 3. The third-order valence-electron chi connectivity index (χ3n) is 5.96. The quantitative estimate of drug-likeness (QED) is 0.811. The van der Waals surface area contributed by atoms with Gasteiger partial charge >= 0.3 is 0 Å².